The van der Waals surface area contributed by atoms with Gasteiger partial charge in [-0.25, -0.2) is 0 Å². The van der Waals surface area contributed by atoms with E-state index in [4.69, 9.17) is 15.2 Å². The summed E-state index contributed by atoms with van der Waals surface area (Å²) in [5.74, 6) is -0.0344. The first-order valence-corrected chi connectivity index (χ1v) is 4.50. The van der Waals surface area contributed by atoms with E-state index in [1.165, 1.54) is 6.26 Å². The molecule has 4 nitrogen and oxygen atoms in total. The van der Waals surface area contributed by atoms with E-state index in [-0.39, 0.29) is 0 Å². The van der Waals surface area contributed by atoms with Gasteiger partial charge in [-0.15, -0.1) is 0 Å². The van der Waals surface area contributed by atoms with Gasteiger partial charge in [0.1, 0.15) is 19.0 Å². The topological polar surface area (TPSA) is 61.6 Å². The molecule has 80 valence electrons. The van der Waals surface area contributed by atoms with E-state index in [2.05, 4.69) is 6.58 Å². The molecule has 0 aliphatic heterocycles. The lowest BCUT2D eigenvalue weighted by Gasteiger charge is -2.08. The summed E-state index contributed by atoms with van der Waals surface area (Å²) in [4.78, 5) is 11.0. The van der Waals surface area contributed by atoms with Gasteiger partial charge in [-0.1, -0.05) is 18.7 Å². The molecular weight excluding hydrogens is 194 g/mol. The van der Waals surface area contributed by atoms with Gasteiger partial charge in [0.05, 0.1) is 11.8 Å². The van der Waals surface area contributed by atoms with Crippen molar-refractivity contribution in [1.29, 1.82) is 0 Å². The van der Waals surface area contributed by atoms with Crippen LogP contribution in [0.4, 0.5) is 0 Å². The zero-order chi connectivity index (χ0) is 11.1. The van der Waals surface area contributed by atoms with Crippen LogP contribution in [-0.4, -0.2) is 19.1 Å². The van der Waals surface area contributed by atoms with Crippen LogP contribution in [0.1, 0.15) is 10.4 Å². The minimum Gasteiger partial charge on any atom is -0.498 e. The van der Waals surface area contributed by atoms with Crippen molar-refractivity contribution < 1.29 is 14.3 Å². The van der Waals surface area contributed by atoms with E-state index in [0.717, 1.165) is 0 Å². The average molecular weight is 207 g/mol. The third-order valence-corrected chi connectivity index (χ3v) is 1.73. The quantitative estimate of drug-likeness (QED) is 0.565. The van der Waals surface area contributed by atoms with Crippen molar-refractivity contribution in [3.8, 4) is 5.75 Å². The summed E-state index contributed by atoms with van der Waals surface area (Å²) < 4.78 is 10.2. The Morgan fingerprint density at radius 2 is 2.13 bits per heavy atom. The van der Waals surface area contributed by atoms with Gasteiger partial charge in [0.25, 0.3) is 5.91 Å². The van der Waals surface area contributed by atoms with Gasteiger partial charge in [0.15, 0.2) is 0 Å². The molecule has 1 aromatic rings. The first-order valence-electron chi connectivity index (χ1n) is 4.50. The predicted octanol–water partition coefficient (Wildman–Crippen LogP) is 1.32. The van der Waals surface area contributed by atoms with Crippen LogP contribution in [0.5, 0.6) is 5.75 Å². The maximum Gasteiger partial charge on any atom is 0.252 e. The fourth-order valence-corrected chi connectivity index (χ4v) is 1.08. The number of benzene rings is 1. The van der Waals surface area contributed by atoms with Crippen LogP contribution in [0.2, 0.25) is 0 Å². The Labute approximate surface area is 88.3 Å². The number of para-hydroxylation sites is 1. The van der Waals surface area contributed by atoms with Gasteiger partial charge in [0, 0.05) is 0 Å². The monoisotopic (exact) mass is 207 g/mol. The van der Waals surface area contributed by atoms with Gasteiger partial charge < -0.3 is 15.2 Å². The minimum atomic E-state index is -0.504. The molecule has 0 saturated heterocycles. The fraction of sp³-hybridized carbons (Fsp3) is 0.182. The number of rotatable bonds is 6. The van der Waals surface area contributed by atoms with E-state index in [1.54, 1.807) is 24.3 Å². The molecule has 0 heterocycles. The Hall–Kier alpha value is -1.97. The first kappa shape index (κ1) is 11.1. The highest BCUT2D eigenvalue weighted by atomic mass is 16.5. The molecule has 0 fully saturated rings. The molecule has 4 heteroatoms. The van der Waals surface area contributed by atoms with Crippen molar-refractivity contribution in [2.45, 2.75) is 0 Å². The molecule has 0 bridgehead atoms. The Balaban J connectivity index is 2.59. The molecule has 1 aromatic carbocycles. The fourth-order valence-electron chi connectivity index (χ4n) is 1.08. The highest BCUT2D eigenvalue weighted by Gasteiger charge is 2.07. The molecule has 0 radical (unpaired) electrons. The smallest absolute Gasteiger partial charge is 0.252 e. The van der Waals surface area contributed by atoms with E-state index < -0.39 is 5.91 Å². The lowest BCUT2D eigenvalue weighted by Crippen LogP contribution is -2.14. The van der Waals surface area contributed by atoms with E-state index in [0.29, 0.717) is 24.5 Å². The third-order valence-electron chi connectivity index (χ3n) is 1.73. The minimum absolute atomic E-state index is 0.344. The van der Waals surface area contributed by atoms with Gasteiger partial charge in [-0.05, 0) is 12.1 Å². The van der Waals surface area contributed by atoms with Crippen LogP contribution in [0.25, 0.3) is 0 Å². The number of nitrogens with two attached hydrogens (primary N) is 1. The zero-order valence-electron chi connectivity index (χ0n) is 8.31. The summed E-state index contributed by atoms with van der Waals surface area (Å²) >= 11 is 0. The number of hydrogen-bond donors (Lipinski definition) is 1. The van der Waals surface area contributed by atoms with Crippen LogP contribution < -0.4 is 10.5 Å². The van der Waals surface area contributed by atoms with Crippen molar-refractivity contribution in [3.63, 3.8) is 0 Å². The number of ether oxygens (including phenoxy) is 2. The molecule has 0 aliphatic rings. The second kappa shape index (κ2) is 5.70. The number of primary amides is 1. The second-order valence-electron chi connectivity index (χ2n) is 2.75. The Morgan fingerprint density at radius 1 is 1.40 bits per heavy atom. The summed E-state index contributed by atoms with van der Waals surface area (Å²) in [6.07, 6.45) is 1.34. The lowest BCUT2D eigenvalue weighted by atomic mass is 10.2. The Morgan fingerprint density at radius 3 is 2.80 bits per heavy atom. The first-order chi connectivity index (χ1) is 7.25. The number of hydrogen-bond acceptors (Lipinski definition) is 3. The standard InChI is InChI=1S/C11H13NO3/c1-2-14-7-8-15-10-6-4-3-5-9(10)11(12)13/h2-6H,1,7-8H2,(H2,12,13). The van der Waals surface area contributed by atoms with E-state index >= 15 is 0 Å². The Bertz CT molecular complexity index is 349. The molecule has 0 atom stereocenters. The third kappa shape index (κ3) is 3.34. The predicted molar refractivity (Wildman–Crippen MR) is 56.6 cm³/mol. The molecule has 15 heavy (non-hydrogen) atoms. The van der Waals surface area contributed by atoms with E-state index in [9.17, 15) is 4.79 Å². The molecule has 1 amide bonds. The number of amides is 1. The summed E-state index contributed by atoms with van der Waals surface area (Å²) in [7, 11) is 0. The lowest BCUT2D eigenvalue weighted by molar-refractivity contribution is 0.0994. The molecule has 0 aromatic heterocycles. The highest BCUT2D eigenvalue weighted by Crippen LogP contribution is 2.16. The highest BCUT2D eigenvalue weighted by molar-refractivity contribution is 5.95. The summed E-state index contributed by atoms with van der Waals surface area (Å²) in [5.41, 5.74) is 5.55. The van der Waals surface area contributed by atoms with Crippen molar-refractivity contribution in [2.75, 3.05) is 13.2 Å². The number of carbonyl (C=O) groups excluding carboxylic acids is 1. The summed E-state index contributed by atoms with van der Waals surface area (Å²) in [5, 5.41) is 0. The largest absolute Gasteiger partial charge is 0.498 e. The van der Waals surface area contributed by atoms with Crippen molar-refractivity contribution >= 4 is 5.91 Å². The summed E-state index contributed by atoms with van der Waals surface area (Å²) in [6, 6.07) is 6.81. The van der Waals surface area contributed by atoms with Crippen LogP contribution in [0.3, 0.4) is 0 Å². The number of carbonyl (C=O) groups is 1. The van der Waals surface area contributed by atoms with Gasteiger partial charge >= 0.3 is 0 Å². The van der Waals surface area contributed by atoms with Gasteiger partial charge in [0.2, 0.25) is 0 Å². The van der Waals surface area contributed by atoms with Gasteiger partial charge in [-0.3, -0.25) is 4.79 Å². The van der Waals surface area contributed by atoms with Crippen LogP contribution >= 0.6 is 0 Å². The van der Waals surface area contributed by atoms with Crippen LogP contribution in [-0.2, 0) is 4.74 Å². The summed E-state index contributed by atoms with van der Waals surface area (Å²) in [6.45, 7) is 4.13. The molecule has 0 aliphatic carbocycles. The van der Waals surface area contributed by atoms with Crippen molar-refractivity contribution in [2.24, 2.45) is 5.73 Å². The van der Waals surface area contributed by atoms with Gasteiger partial charge in [-0.2, -0.15) is 0 Å². The maximum absolute atomic E-state index is 11.0. The van der Waals surface area contributed by atoms with E-state index in [1.807, 2.05) is 0 Å². The van der Waals surface area contributed by atoms with Crippen LogP contribution in [0, 0.1) is 0 Å². The SMILES string of the molecule is C=COCCOc1ccccc1C(N)=O. The average Bonchev–Trinajstić information content (AvgIpc) is 2.25. The normalized spacial score (nSPS) is 9.33. The second-order valence-corrected chi connectivity index (χ2v) is 2.75. The molecule has 2 N–H and O–H groups in total. The maximum atomic E-state index is 11.0. The van der Waals surface area contributed by atoms with Crippen molar-refractivity contribution in [3.05, 3.63) is 42.7 Å². The molecular formula is C11H13NO3. The Kier molecular flexibility index (Phi) is 4.22. The molecule has 0 saturated carbocycles. The molecule has 0 spiro atoms. The van der Waals surface area contributed by atoms with Crippen LogP contribution in [0.15, 0.2) is 37.1 Å². The van der Waals surface area contributed by atoms with Crippen molar-refractivity contribution in [1.82, 2.24) is 0 Å². The molecule has 0 unspecified atom stereocenters. The molecule has 1 rings (SSSR count). The zero-order valence-corrected chi connectivity index (χ0v) is 8.31.